The van der Waals surface area contributed by atoms with Gasteiger partial charge in [-0.15, -0.1) is 11.3 Å². The zero-order valence-electron chi connectivity index (χ0n) is 7.61. The molecule has 0 saturated heterocycles. The maximum Gasteiger partial charge on any atom is 0.0931 e. The number of rotatable bonds is 3. The molecule has 4 heteroatoms. The molecule has 0 amide bonds. The summed E-state index contributed by atoms with van der Waals surface area (Å²) in [6.07, 6.45) is 4.10. The van der Waals surface area contributed by atoms with Crippen molar-refractivity contribution in [3.05, 3.63) is 45.4 Å². The van der Waals surface area contributed by atoms with E-state index in [1.165, 1.54) is 4.88 Å². The van der Waals surface area contributed by atoms with Crippen LogP contribution >= 0.6 is 22.9 Å². The number of nitrogens with zero attached hydrogens (tertiary/aromatic N) is 1. The highest BCUT2D eigenvalue weighted by Crippen LogP contribution is 2.22. The van der Waals surface area contributed by atoms with Gasteiger partial charge in [0, 0.05) is 23.8 Å². The zero-order chi connectivity index (χ0) is 9.97. The first-order valence-corrected chi connectivity index (χ1v) is 5.56. The second-order valence-electron chi connectivity index (χ2n) is 3.10. The van der Waals surface area contributed by atoms with E-state index in [4.69, 9.17) is 17.3 Å². The van der Waals surface area contributed by atoms with Gasteiger partial charge in [0.1, 0.15) is 0 Å². The first kappa shape index (κ1) is 9.77. The zero-order valence-corrected chi connectivity index (χ0v) is 9.18. The van der Waals surface area contributed by atoms with Crippen LogP contribution in [0.4, 0.5) is 0 Å². The van der Waals surface area contributed by atoms with Gasteiger partial charge in [0.25, 0.3) is 0 Å². The Kier molecular flexibility index (Phi) is 2.91. The minimum Gasteiger partial charge on any atom is -0.349 e. The lowest BCUT2D eigenvalue weighted by atomic mass is 10.3. The van der Waals surface area contributed by atoms with E-state index >= 15 is 0 Å². The molecule has 14 heavy (non-hydrogen) atoms. The number of thiophene rings is 1. The minimum atomic E-state index is 0.595. The van der Waals surface area contributed by atoms with Crippen molar-refractivity contribution in [1.82, 2.24) is 4.57 Å². The van der Waals surface area contributed by atoms with Crippen LogP contribution in [0.3, 0.4) is 0 Å². The van der Waals surface area contributed by atoms with E-state index in [1.54, 1.807) is 11.3 Å². The smallest absolute Gasteiger partial charge is 0.0931 e. The molecule has 0 aliphatic rings. The van der Waals surface area contributed by atoms with E-state index in [-0.39, 0.29) is 0 Å². The van der Waals surface area contributed by atoms with E-state index in [2.05, 4.69) is 16.8 Å². The predicted molar refractivity (Wildman–Crippen MR) is 60.8 cm³/mol. The Labute approximate surface area is 91.9 Å². The standard InChI is InChI=1S/C10H11ClN2S/c11-10-2-1-9(14-10)7-13-4-3-8(5-12)6-13/h1-4,6H,5,7,12H2. The Bertz CT molecular complexity index is 419. The summed E-state index contributed by atoms with van der Waals surface area (Å²) in [5.41, 5.74) is 6.69. The van der Waals surface area contributed by atoms with E-state index < -0.39 is 0 Å². The van der Waals surface area contributed by atoms with Crippen molar-refractivity contribution in [2.24, 2.45) is 5.73 Å². The third-order valence-corrected chi connectivity index (χ3v) is 3.23. The highest BCUT2D eigenvalue weighted by Gasteiger charge is 1.99. The molecule has 2 N–H and O–H groups in total. The summed E-state index contributed by atoms with van der Waals surface area (Å²) in [5, 5.41) is 0. The Hall–Kier alpha value is -0.770. The molecular weight excluding hydrogens is 216 g/mol. The van der Waals surface area contributed by atoms with Crippen LogP contribution in [0.2, 0.25) is 4.34 Å². The summed E-state index contributed by atoms with van der Waals surface area (Å²) >= 11 is 7.46. The molecule has 0 bridgehead atoms. The number of halogens is 1. The maximum absolute atomic E-state index is 5.85. The maximum atomic E-state index is 5.85. The Morgan fingerprint density at radius 1 is 1.36 bits per heavy atom. The monoisotopic (exact) mass is 226 g/mol. The second-order valence-corrected chi connectivity index (χ2v) is 4.90. The number of nitrogens with two attached hydrogens (primary N) is 1. The fourth-order valence-electron chi connectivity index (χ4n) is 1.33. The van der Waals surface area contributed by atoms with Crippen LogP contribution in [0.5, 0.6) is 0 Å². The molecule has 0 aliphatic heterocycles. The van der Waals surface area contributed by atoms with E-state index in [9.17, 15) is 0 Å². The topological polar surface area (TPSA) is 30.9 Å². The van der Waals surface area contributed by atoms with Crippen LogP contribution < -0.4 is 5.73 Å². The molecule has 0 atom stereocenters. The Balaban J connectivity index is 2.10. The molecule has 0 fully saturated rings. The van der Waals surface area contributed by atoms with Crippen molar-refractivity contribution in [1.29, 1.82) is 0 Å². The lowest BCUT2D eigenvalue weighted by molar-refractivity contribution is 0.814. The van der Waals surface area contributed by atoms with Gasteiger partial charge in [-0.05, 0) is 23.8 Å². The molecule has 0 saturated carbocycles. The van der Waals surface area contributed by atoms with Gasteiger partial charge in [-0.3, -0.25) is 0 Å². The van der Waals surface area contributed by atoms with Gasteiger partial charge in [-0.1, -0.05) is 11.6 Å². The third kappa shape index (κ3) is 2.18. The van der Waals surface area contributed by atoms with Gasteiger partial charge < -0.3 is 10.3 Å². The lowest BCUT2D eigenvalue weighted by Gasteiger charge is -1.98. The number of hydrogen-bond acceptors (Lipinski definition) is 2. The molecule has 0 radical (unpaired) electrons. The lowest BCUT2D eigenvalue weighted by Crippen LogP contribution is -1.96. The minimum absolute atomic E-state index is 0.595. The fourth-order valence-corrected chi connectivity index (χ4v) is 2.42. The van der Waals surface area contributed by atoms with Crippen LogP contribution in [0.15, 0.2) is 30.6 Å². The average molecular weight is 227 g/mol. The Morgan fingerprint density at radius 3 is 2.79 bits per heavy atom. The van der Waals surface area contributed by atoms with Gasteiger partial charge in [0.05, 0.1) is 10.9 Å². The molecule has 0 aliphatic carbocycles. The van der Waals surface area contributed by atoms with Crippen molar-refractivity contribution in [3.63, 3.8) is 0 Å². The normalized spacial score (nSPS) is 10.7. The Morgan fingerprint density at radius 2 is 2.21 bits per heavy atom. The third-order valence-electron chi connectivity index (χ3n) is 2.01. The summed E-state index contributed by atoms with van der Waals surface area (Å²) in [4.78, 5) is 1.26. The number of hydrogen-bond donors (Lipinski definition) is 1. The van der Waals surface area contributed by atoms with E-state index in [1.807, 2.05) is 18.3 Å². The van der Waals surface area contributed by atoms with Crippen molar-refractivity contribution >= 4 is 22.9 Å². The van der Waals surface area contributed by atoms with Crippen LogP contribution in [0.1, 0.15) is 10.4 Å². The highest BCUT2D eigenvalue weighted by atomic mass is 35.5. The number of aromatic nitrogens is 1. The van der Waals surface area contributed by atoms with Crippen LogP contribution in [-0.4, -0.2) is 4.57 Å². The molecule has 0 spiro atoms. The molecule has 0 aromatic carbocycles. The summed E-state index contributed by atoms with van der Waals surface area (Å²) in [6, 6.07) is 6.01. The SMILES string of the molecule is NCc1ccn(Cc2ccc(Cl)s2)c1. The molecule has 0 unspecified atom stereocenters. The fraction of sp³-hybridized carbons (Fsp3) is 0.200. The van der Waals surface area contributed by atoms with E-state index in [0.29, 0.717) is 6.54 Å². The first-order chi connectivity index (χ1) is 6.78. The van der Waals surface area contributed by atoms with Crippen molar-refractivity contribution in [3.8, 4) is 0 Å². The summed E-state index contributed by atoms with van der Waals surface area (Å²) in [5.74, 6) is 0. The molecular formula is C10H11ClN2S. The molecule has 2 aromatic heterocycles. The predicted octanol–water partition coefficient (Wildman–Crippen LogP) is 2.71. The van der Waals surface area contributed by atoms with Gasteiger partial charge in [-0.25, -0.2) is 0 Å². The average Bonchev–Trinajstić information content (AvgIpc) is 2.76. The molecule has 2 nitrogen and oxygen atoms in total. The summed E-state index contributed by atoms with van der Waals surface area (Å²) < 4.78 is 2.95. The largest absolute Gasteiger partial charge is 0.349 e. The van der Waals surface area contributed by atoms with Gasteiger partial charge in [0.15, 0.2) is 0 Å². The van der Waals surface area contributed by atoms with Gasteiger partial charge >= 0.3 is 0 Å². The quantitative estimate of drug-likeness (QED) is 0.857. The van der Waals surface area contributed by atoms with Gasteiger partial charge in [-0.2, -0.15) is 0 Å². The summed E-state index contributed by atoms with van der Waals surface area (Å²) in [7, 11) is 0. The summed E-state index contributed by atoms with van der Waals surface area (Å²) in [6.45, 7) is 1.47. The molecule has 2 rings (SSSR count). The van der Waals surface area contributed by atoms with Gasteiger partial charge in [0.2, 0.25) is 0 Å². The first-order valence-electron chi connectivity index (χ1n) is 4.37. The van der Waals surface area contributed by atoms with E-state index in [0.717, 1.165) is 16.4 Å². The van der Waals surface area contributed by atoms with Crippen LogP contribution in [-0.2, 0) is 13.1 Å². The molecule has 2 aromatic rings. The molecule has 74 valence electrons. The molecule has 2 heterocycles. The van der Waals surface area contributed by atoms with Crippen molar-refractivity contribution < 1.29 is 0 Å². The second kappa shape index (κ2) is 4.17. The van der Waals surface area contributed by atoms with Crippen molar-refractivity contribution in [2.45, 2.75) is 13.1 Å². The van der Waals surface area contributed by atoms with Crippen molar-refractivity contribution in [2.75, 3.05) is 0 Å². The van der Waals surface area contributed by atoms with Crippen LogP contribution in [0.25, 0.3) is 0 Å². The highest BCUT2D eigenvalue weighted by molar-refractivity contribution is 7.16. The van der Waals surface area contributed by atoms with Crippen LogP contribution in [0, 0.1) is 0 Å².